The highest BCUT2D eigenvalue weighted by atomic mass is 16.6. The van der Waals surface area contributed by atoms with E-state index in [0.29, 0.717) is 24.0 Å². The van der Waals surface area contributed by atoms with Gasteiger partial charge in [-0.1, -0.05) is 6.58 Å². The van der Waals surface area contributed by atoms with Crippen molar-refractivity contribution in [3.05, 3.63) is 23.8 Å². The zero-order valence-electron chi connectivity index (χ0n) is 11.3. The molecule has 1 saturated heterocycles. The van der Waals surface area contributed by atoms with E-state index in [4.69, 9.17) is 4.74 Å². The van der Waals surface area contributed by atoms with Gasteiger partial charge in [0.05, 0.1) is 18.1 Å². The summed E-state index contributed by atoms with van der Waals surface area (Å²) >= 11 is 0. The number of hydrogen-bond acceptors (Lipinski definition) is 5. The first-order chi connectivity index (χ1) is 9.36. The van der Waals surface area contributed by atoms with Gasteiger partial charge in [-0.15, -0.1) is 0 Å². The van der Waals surface area contributed by atoms with Gasteiger partial charge in [-0.25, -0.2) is 4.79 Å². The molecule has 0 radical (unpaired) electrons. The van der Waals surface area contributed by atoms with Crippen LogP contribution in [-0.2, 0) is 14.3 Å². The fourth-order valence-electron chi connectivity index (χ4n) is 3.90. The number of ketones is 1. The first kappa shape index (κ1) is 13.5. The minimum absolute atomic E-state index is 0.190. The molecule has 3 aliphatic rings. The Labute approximate surface area is 116 Å². The molecule has 1 saturated carbocycles. The molecule has 2 fully saturated rings. The Balaban J connectivity index is 2.07. The van der Waals surface area contributed by atoms with Crippen LogP contribution in [0.2, 0.25) is 0 Å². The molecule has 108 valence electrons. The van der Waals surface area contributed by atoms with Crippen molar-refractivity contribution in [3.63, 3.8) is 0 Å². The third kappa shape index (κ3) is 1.70. The highest BCUT2D eigenvalue weighted by Crippen LogP contribution is 2.50. The monoisotopic (exact) mass is 278 g/mol. The average Bonchev–Trinajstić information content (AvgIpc) is 2.82. The predicted molar refractivity (Wildman–Crippen MR) is 69.5 cm³/mol. The molecule has 0 amide bonds. The van der Waals surface area contributed by atoms with Crippen LogP contribution >= 0.6 is 0 Å². The van der Waals surface area contributed by atoms with Crippen LogP contribution in [0.4, 0.5) is 0 Å². The summed E-state index contributed by atoms with van der Waals surface area (Å²) in [6.07, 6.45) is 1.85. The third-order valence-corrected chi connectivity index (χ3v) is 4.94. The Morgan fingerprint density at radius 3 is 2.85 bits per heavy atom. The van der Waals surface area contributed by atoms with Gasteiger partial charge in [0.1, 0.15) is 6.10 Å². The van der Waals surface area contributed by atoms with Crippen molar-refractivity contribution in [2.75, 3.05) is 6.61 Å². The lowest BCUT2D eigenvalue weighted by Crippen LogP contribution is -2.43. The summed E-state index contributed by atoms with van der Waals surface area (Å²) in [4.78, 5) is 23.9. The number of esters is 1. The van der Waals surface area contributed by atoms with Crippen molar-refractivity contribution in [1.82, 2.24) is 0 Å². The van der Waals surface area contributed by atoms with Crippen LogP contribution in [0.3, 0.4) is 0 Å². The minimum Gasteiger partial charge on any atom is -0.458 e. The van der Waals surface area contributed by atoms with Gasteiger partial charge in [0, 0.05) is 17.4 Å². The van der Waals surface area contributed by atoms with Gasteiger partial charge in [-0.2, -0.15) is 0 Å². The Hall–Kier alpha value is -1.46. The van der Waals surface area contributed by atoms with Crippen molar-refractivity contribution in [3.8, 4) is 0 Å². The molecule has 0 bridgehead atoms. The Morgan fingerprint density at radius 2 is 2.20 bits per heavy atom. The number of fused-ring (bicyclic) bond motifs is 3. The van der Waals surface area contributed by atoms with E-state index in [2.05, 4.69) is 6.58 Å². The third-order valence-electron chi connectivity index (χ3n) is 4.94. The molecule has 0 aromatic carbocycles. The SMILES string of the molecule is C=C1C(=O)O[C@@H]2[C@H]3C(CO)=CC(=O)[C@H]3[C@@](C)(O)CC[C@@H]12. The van der Waals surface area contributed by atoms with Gasteiger partial charge in [0.25, 0.3) is 0 Å². The van der Waals surface area contributed by atoms with Crippen LogP contribution in [0, 0.1) is 17.8 Å². The lowest BCUT2D eigenvalue weighted by atomic mass is 9.76. The second kappa shape index (κ2) is 4.27. The molecule has 1 heterocycles. The topological polar surface area (TPSA) is 83.8 Å². The van der Waals surface area contributed by atoms with Crippen molar-refractivity contribution >= 4 is 11.8 Å². The van der Waals surface area contributed by atoms with Gasteiger partial charge in [-0.3, -0.25) is 4.79 Å². The minimum atomic E-state index is -1.16. The summed E-state index contributed by atoms with van der Waals surface area (Å²) in [7, 11) is 0. The molecule has 0 aromatic heterocycles. The number of aliphatic hydroxyl groups is 2. The highest BCUT2D eigenvalue weighted by Gasteiger charge is 2.57. The predicted octanol–water partition coefficient (Wildman–Crippen LogP) is 0.363. The molecule has 1 aliphatic heterocycles. The molecular formula is C15H18O5. The maximum Gasteiger partial charge on any atom is 0.334 e. The molecule has 20 heavy (non-hydrogen) atoms. The van der Waals surface area contributed by atoms with Gasteiger partial charge in [0.15, 0.2) is 5.78 Å². The quantitative estimate of drug-likeness (QED) is 0.534. The number of ether oxygens (including phenoxy) is 1. The van der Waals surface area contributed by atoms with E-state index >= 15 is 0 Å². The van der Waals surface area contributed by atoms with Gasteiger partial charge in [-0.05, 0) is 31.4 Å². The van der Waals surface area contributed by atoms with Crippen LogP contribution in [0.25, 0.3) is 0 Å². The summed E-state index contributed by atoms with van der Waals surface area (Å²) in [5.41, 5.74) is -0.214. The lowest BCUT2D eigenvalue weighted by molar-refractivity contribution is -0.145. The molecule has 2 aliphatic carbocycles. The second-order valence-electron chi connectivity index (χ2n) is 6.18. The summed E-state index contributed by atoms with van der Waals surface area (Å²) in [6.45, 7) is 5.14. The fourth-order valence-corrected chi connectivity index (χ4v) is 3.90. The maximum atomic E-state index is 12.2. The first-order valence-corrected chi connectivity index (χ1v) is 6.84. The van der Waals surface area contributed by atoms with E-state index in [1.165, 1.54) is 6.08 Å². The van der Waals surface area contributed by atoms with Crippen LogP contribution in [-0.4, -0.2) is 40.3 Å². The fraction of sp³-hybridized carbons (Fsp3) is 0.600. The van der Waals surface area contributed by atoms with E-state index in [1.807, 2.05) is 0 Å². The van der Waals surface area contributed by atoms with E-state index in [0.717, 1.165) is 0 Å². The summed E-state index contributed by atoms with van der Waals surface area (Å²) in [5, 5.41) is 20.1. The average molecular weight is 278 g/mol. The van der Waals surface area contributed by atoms with Crippen LogP contribution in [0.5, 0.6) is 0 Å². The van der Waals surface area contributed by atoms with Crippen molar-refractivity contribution in [2.45, 2.75) is 31.5 Å². The highest BCUT2D eigenvalue weighted by molar-refractivity contribution is 5.97. The number of rotatable bonds is 1. The van der Waals surface area contributed by atoms with E-state index in [-0.39, 0.29) is 18.3 Å². The Bertz CT molecular complexity index is 530. The molecule has 0 spiro atoms. The number of carbonyl (C=O) groups excluding carboxylic acids is 2. The number of allylic oxidation sites excluding steroid dienone is 1. The lowest BCUT2D eigenvalue weighted by Gasteiger charge is -2.33. The Kier molecular flexibility index (Phi) is 2.88. The molecule has 0 unspecified atom stereocenters. The zero-order chi connectivity index (χ0) is 14.7. The summed E-state index contributed by atoms with van der Waals surface area (Å²) < 4.78 is 5.39. The molecule has 5 heteroatoms. The van der Waals surface area contributed by atoms with Gasteiger partial charge in [0.2, 0.25) is 0 Å². The van der Waals surface area contributed by atoms with Crippen LogP contribution in [0.15, 0.2) is 23.8 Å². The van der Waals surface area contributed by atoms with Crippen LogP contribution in [0.1, 0.15) is 19.8 Å². The number of carbonyl (C=O) groups is 2. The van der Waals surface area contributed by atoms with Crippen molar-refractivity contribution in [1.29, 1.82) is 0 Å². The van der Waals surface area contributed by atoms with E-state index in [1.54, 1.807) is 6.92 Å². The maximum absolute atomic E-state index is 12.2. The van der Waals surface area contributed by atoms with E-state index in [9.17, 15) is 19.8 Å². The number of hydrogen-bond donors (Lipinski definition) is 2. The zero-order valence-corrected chi connectivity index (χ0v) is 11.3. The molecule has 5 atom stereocenters. The molecule has 0 aromatic rings. The van der Waals surface area contributed by atoms with Gasteiger partial charge < -0.3 is 14.9 Å². The van der Waals surface area contributed by atoms with Crippen molar-refractivity contribution in [2.24, 2.45) is 17.8 Å². The second-order valence-corrected chi connectivity index (χ2v) is 6.18. The summed E-state index contributed by atoms with van der Waals surface area (Å²) in [6, 6.07) is 0. The van der Waals surface area contributed by atoms with Gasteiger partial charge >= 0.3 is 5.97 Å². The molecule has 5 nitrogen and oxygen atoms in total. The van der Waals surface area contributed by atoms with Crippen molar-refractivity contribution < 1.29 is 24.5 Å². The normalized spacial score (nSPS) is 43.8. The molecule has 3 rings (SSSR count). The molecule has 2 N–H and O–H groups in total. The summed E-state index contributed by atoms with van der Waals surface area (Å²) in [5.74, 6) is -1.92. The Morgan fingerprint density at radius 1 is 1.50 bits per heavy atom. The first-order valence-electron chi connectivity index (χ1n) is 6.84. The number of aliphatic hydroxyl groups excluding tert-OH is 1. The molecular weight excluding hydrogens is 260 g/mol. The largest absolute Gasteiger partial charge is 0.458 e. The van der Waals surface area contributed by atoms with Crippen LogP contribution < -0.4 is 0 Å². The smallest absolute Gasteiger partial charge is 0.334 e. The standard InChI is InChI=1S/C15H18O5/c1-7-9-3-4-15(2,19)12-10(17)5-8(6-16)11(12)13(9)20-14(7)18/h5,9,11-13,16,19H,1,3-4,6H2,2H3/t9-,11-,12+,13-,15-/m0/s1. The van der Waals surface area contributed by atoms with E-state index < -0.39 is 29.5 Å².